The fourth-order valence-electron chi connectivity index (χ4n) is 3.70. The molecule has 1 aliphatic rings. The van der Waals surface area contributed by atoms with Crippen LogP contribution in [0.1, 0.15) is 23.0 Å². The third-order valence-electron chi connectivity index (χ3n) is 5.30. The van der Waals surface area contributed by atoms with E-state index in [-0.39, 0.29) is 11.8 Å². The van der Waals surface area contributed by atoms with Crippen molar-refractivity contribution in [1.82, 2.24) is 19.8 Å². The molecule has 26 heavy (non-hydrogen) atoms. The number of benzene rings is 1. The molecule has 5 nitrogen and oxygen atoms in total. The number of rotatable bonds is 5. The van der Waals surface area contributed by atoms with Gasteiger partial charge in [0.1, 0.15) is 0 Å². The molecule has 2 aromatic heterocycles. The number of hydrogen-bond acceptors (Lipinski definition) is 4. The first-order valence-electron chi connectivity index (χ1n) is 9.19. The summed E-state index contributed by atoms with van der Waals surface area (Å²) in [6.45, 7) is 6.63. The topological polar surface area (TPSA) is 52.2 Å². The molecule has 0 spiro atoms. The summed E-state index contributed by atoms with van der Waals surface area (Å²) in [4.78, 5) is 25.3. The molecule has 0 amide bonds. The highest BCUT2D eigenvalue weighted by molar-refractivity contribution is 6.10. The van der Waals surface area contributed by atoms with Crippen molar-refractivity contribution >= 4 is 16.7 Å². The number of carbonyl (C=O) groups is 1. The number of pyridine rings is 1. The Kier molecular flexibility index (Phi) is 4.82. The minimum atomic E-state index is -0.105. The average molecular weight is 348 g/mol. The van der Waals surface area contributed by atoms with E-state index in [0.717, 1.165) is 54.9 Å². The van der Waals surface area contributed by atoms with Gasteiger partial charge in [-0.1, -0.05) is 24.3 Å². The molecule has 0 radical (unpaired) electrons. The lowest BCUT2D eigenvalue weighted by Crippen LogP contribution is -2.51. The second kappa shape index (κ2) is 7.40. The molecule has 0 bridgehead atoms. The molecular formula is C21H24N4O. The monoisotopic (exact) mass is 348 g/mol. The zero-order valence-corrected chi connectivity index (χ0v) is 15.1. The minimum Gasteiger partial charge on any atom is -0.360 e. The number of H-pyrrole nitrogens is 1. The van der Waals surface area contributed by atoms with Gasteiger partial charge in [0.05, 0.1) is 11.7 Å². The van der Waals surface area contributed by atoms with E-state index in [1.165, 1.54) is 0 Å². The first kappa shape index (κ1) is 16.9. The highest BCUT2D eigenvalue weighted by Gasteiger charge is 2.27. The number of carbonyl (C=O) groups excluding carboxylic acids is 1. The maximum absolute atomic E-state index is 13.0. The van der Waals surface area contributed by atoms with Gasteiger partial charge in [-0.05, 0) is 25.1 Å². The molecule has 3 aromatic rings. The van der Waals surface area contributed by atoms with E-state index in [1.807, 2.05) is 55.7 Å². The second-order valence-corrected chi connectivity index (χ2v) is 6.92. The summed E-state index contributed by atoms with van der Waals surface area (Å²) in [5.74, 6) is 0.195. The van der Waals surface area contributed by atoms with Crippen molar-refractivity contribution in [2.45, 2.75) is 19.5 Å². The molecule has 1 atom stereocenters. The van der Waals surface area contributed by atoms with Crippen LogP contribution in [0.5, 0.6) is 0 Å². The Bertz CT molecular complexity index is 881. The predicted molar refractivity (Wildman–Crippen MR) is 103 cm³/mol. The molecule has 1 fully saturated rings. The summed E-state index contributed by atoms with van der Waals surface area (Å²) < 4.78 is 0. The number of hydrogen-bond donors (Lipinski definition) is 1. The predicted octanol–water partition coefficient (Wildman–Crippen LogP) is 2.95. The van der Waals surface area contributed by atoms with Crippen LogP contribution in [0.3, 0.4) is 0 Å². The zero-order chi connectivity index (χ0) is 17.9. The number of nitrogens with zero attached hydrogens (tertiary/aromatic N) is 3. The summed E-state index contributed by atoms with van der Waals surface area (Å²) in [6, 6.07) is 13.9. The minimum absolute atomic E-state index is 0.105. The lowest BCUT2D eigenvalue weighted by Gasteiger charge is -2.37. The second-order valence-electron chi connectivity index (χ2n) is 6.92. The molecule has 1 unspecified atom stereocenters. The first-order chi connectivity index (χ1) is 12.7. The van der Waals surface area contributed by atoms with Gasteiger partial charge in [0.15, 0.2) is 5.78 Å². The quantitative estimate of drug-likeness (QED) is 0.720. The van der Waals surface area contributed by atoms with Gasteiger partial charge in [0.2, 0.25) is 0 Å². The molecule has 134 valence electrons. The van der Waals surface area contributed by atoms with Crippen LogP contribution in [-0.2, 0) is 6.54 Å². The van der Waals surface area contributed by atoms with Crippen LogP contribution >= 0.6 is 0 Å². The van der Waals surface area contributed by atoms with Crippen molar-refractivity contribution in [3.63, 3.8) is 0 Å². The van der Waals surface area contributed by atoms with Crippen LogP contribution in [0.15, 0.2) is 54.9 Å². The molecule has 3 heterocycles. The van der Waals surface area contributed by atoms with Crippen LogP contribution in [-0.4, -0.2) is 57.8 Å². The van der Waals surface area contributed by atoms with Gasteiger partial charge >= 0.3 is 0 Å². The third kappa shape index (κ3) is 3.41. The number of fused-ring (bicyclic) bond motifs is 1. The molecule has 1 N–H and O–H groups in total. The molecule has 1 aromatic carbocycles. The molecular weight excluding hydrogens is 324 g/mol. The fraction of sp³-hybridized carbons (Fsp3) is 0.333. The van der Waals surface area contributed by atoms with E-state index in [2.05, 4.69) is 25.8 Å². The lowest BCUT2D eigenvalue weighted by atomic mass is 10.0. The van der Waals surface area contributed by atoms with Gasteiger partial charge in [-0.3, -0.25) is 19.6 Å². The van der Waals surface area contributed by atoms with Gasteiger partial charge in [-0.25, -0.2) is 0 Å². The van der Waals surface area contributed by atoms with Crippen LogP contribution in [0.2, 0.25) is 0 Å². The van der Waals surface area contributed by atoms with Gasteiger partial charge in [0.25, 0.3) is 0 Å². The fourth-order valence-corrected chi connectivity index (χ4v) is 3.70. The number of Topliss-reactive ketones (excluding diaryl/α,β-unsaturated/α-hetero) is 1. The highest BCUT2D eigenvalue weighted by atomic mass is 16.1. The number of ketones is 1. The molecule has 1 aliphatic heterocycles. The molecule has 1 saturated heterocycles. The Balaban J connectivity index is 1.39. The number of piperazine rings is 1. The van der Waals surface area contributed by atoms with Crippen LogP contribution in [0.25, 0.3) is 10.9 Å². The summed E-state index contributed by atoms with van der Waals surface area (Å²) in [5.41, 5.74) is 2.91. The van der Waals surface area contributed by atoms with Crippen LogP contribution in [0, 0.1) is 0 Å². The maximum atomic E-state index is 13.0. The van der Waals surface area contributed by atoms with Crippen molar-refractivity contribution in [2.24, 2.45) is 0 Å². The van der Waals surface area contributed by atoms with Crippen LogP contribution < -0.4 is 0 Å². The smallest absolute Gasteiger partial charge is 0.181 e. The molecule has 0 aliphatic carbocycles. The Labute approximate surface area is 153 Å². The Morgan fingerprint density at radius 3 is 2.65 bits per heavy atom. The lowest BCUT2D eigenvalue weighted by molar-refractivity contribution is 0.0686. The number of aromatic nitrogens is 2. The van der Waals surface area contributed by atoms with Gasteiger partial charge in [-0.15, -0.1) is 0 Å². The number of aromatic amines is 1. The Morgan fingerprint density at radius 1 is 1.12 bits per heavy atom. The van der Waals surface area contributed by atoms with E-state index in [1.54, 1.807) is 0 Å². The van der Waals surface area contributed by atoms with Crippen molar-refractivity contribution in [2.75, 3.05) is 26.2 Å². The SMILES string of the molecule is CC(C(=O)c1c[nH]c2ccccc12)N1CCN(Cc2ccccn2)CC1. The van der Waals surface area contributed by atoms with Crippen LogP contribution in [0.4, 0.5) is 0 Å². The molecule has 4 rings (SSSR count). The zero-order valence-electron chi connectivity index (χ0n) is 15.1. The summed E-state index contributed by atoms with van der Waals surface area (Å²) >= 11 is 0. The standard InChI is InChI=1S/C21H24N4O/c1-16(21(26)19-14-23-20-8-3-2-7-18(19)20)25-12-10-24(11-13-25)15-17-6-4-5-9-22-17/h2-9,14,16,23H,10-13,15H2,1H3. The largest absolute Gasteiger partial charge is 0.360 e. The Hall–Kier alpha value is -2.50. The normalized spacial score (nSPS) is 17.4. The maximum Gasteiger partial charge on any atom is 0.181 e. The Morgan fingerprint density at radius 2 is 1.88 bits per heavy atom. The highest BCUT2D eigenvalue weighted by Crippen LogP contribution is 2.21. The summed E-state index contributed by atoms with van der Waals surface area (Å²) in [7, 11) is 0. The van der Waals surface area contributed by atoms with Crippen molar-refractivity contribution in [3.8, 4) is 0 Å². The number of nitrogens with one attached hydrogen (secondary N) is 1. The van der Waals surface area contributed by atoms with Gasteiger partial charge in [0, 0.05) is 61.6 Å². The van der Waals surface area contributed by atoms with Crippen molar-refractivity contribution in [1.29, 1.82) is 0 Å². The third-order valence-corrected chi connectivity index (χ3v) is 5.30. The van der Waals surface area contributed by atoms with Crippen molar-refractivity contribution < 1.29 is 4.79 Å². The average Bonchev–Trinajstić information content (AvgIpc) is 3.12. The van der Waals surface area contributed by atoms with E-state index >= 15 is 0 Å². The van der Waals surface area contributed by atoms with Gasteiger partial charge < -0.3 is 4.98 Å². The first-order valence-corrected chi connectivity index (χ1v) is 9.19. The summed E-state index contributed by atoms with van der Waals surface area (Å²) in [6.07, 6.45) is 3.69. The van der Waals surface area contributed by atoms with E-state index in [4.69, 9.17) is 0 Å². The van der Waals surface area contributed by atoms with E-state index in [0.29, 0.717) is 0 Å². The van der Waals surface area contributed by atoms with Gasteiger partial charge in [-0.2, -0.15) is 0 Å². The van der Waals surface area contributed by atoms with E-state index < -0.39 is 0 Å². The van der Waals surface area contributed by atoms with Crippen molar-refractivity contribution in [3.05, 3.63) is 66.1 Å². The van der Waals surface area contributed by atoms with E-state index in [9.17, 15) is 4.79 Å². The summed E-state index contributed by atoms with van der Waals surface area (Å²) in [5, 5.41) is 1.01. The number of para-hydroxylation sites is 1. The molecule has 0 saturated carbocycles. The molecule has 5 heteroatoms.